The number of aromatic nitrogens is 1. The van der Waals surface area contributed by atoms with Crippen molar-refractivity contribution in [1.82, 2.24) is 9.88 Å². The van der Waals surface area contributed by atoms with Crippen LogP contribution < -0.4 is 10.6 Å². The Morgan fingerprint density at radius 2 is 1.89 bits per heavy atom. The first-order chi connectivity index (χ1) is 8.82. The fraction of sp³-hybridized carbons (Fsp3) is 0.571. The third-order valence-corrected chi connectivity index (χ3v) is 3.24. The quantitative estimate of drug-likeness (QED) is 0.804. The lowest BCUT2D eigenvalue weighted by Gasteiger charge is -2.23. The molecule has 1 aromatic rings. The summed E-state index contributed by atoms with van der Waals surface area (Å²) in [7, 11) is 6.20. The first-order valence-electron chi connectivity index (χ1n) is 6.47. The van der Waals surface area contributed by atoms with Gasteiger partial charge in [-0.3, -0.25) is 0 Å². The number of pyridine rings is 1. The van der Waals surface area contributed by atoms with Gasteiger partial charge in [-0.2, -0.15) is 0 Å². The monoisotopic (exact) mass is 280 g/mol. The first-order valence-corrected chi connectivity index (χ1v) is 6.87. The number of rotatable bonds is 6. The SMILES string of the molecule is Cc1cc(C)c(C(N)=S)c(N(C)CCCN(C)C)n1. The molecule has 19 heavy (non-hydrogen) atoms. The lowest BCUT2D eigenvalue weighted by atomic mass is 10.1. The first kappa shape index (κ1) is 15.9. The highest BCUT2D eigenvalue weighted by Crippen LogP contribution is 2.21. The lowest BCUT2D eigenvalue weighted by molar-refractivity contribution is 0.401. The van der Waals surface area contributed by atoms with Crippen LogP contribution in [0.4, 0.5) is 5.82 Å². The predicted molar refractivity (Wildman–Crippen MR) is 86.0 cm³/mol. The van der Waals surface area contributed by atoms with Gasteiger partial charge in [0.15, 0.2) is 0 Å². The number of hydrogen-bond acceptors (Lipinski definition) is 4. The molecular formula is C14H24N4S. The van der Waals surface area contributed by atoms with Crippen LogP contribution >= 0.6 is 12.2 Å². The molecule has 0 saturated carbocycles. The van der Waals surface area contributed by atoms with E-state index in [4.69, 9.17) is 18.0 Å². The normalized spacial score (nSPS) is 10.8. The summed E-state index contributed by atoms with van der Waals surface area (Å²) in [5.41, 5.74) is 8.82. The van der Waals surface area contributed by atoms with E-state index in [-0.39, 0.29) is 0 Å². The molecule has 0 aliphatic rings. The van der Waals surface area contributed by atoms with Gasteiger partial charge in [0.1, 0.15) is 10.8 Å². The maximum Gasteiger partial charge on any atom is 0.139 e. The maximum absolute atomic E-state index is 5.84. The summed E-state index contributed by atoms with van der Waals surface area (Å²) in [6, 6.07) is 2.02. The molecule has 106 valence electrons. The Labute approximate surface area is 121 Å². The Morgan fingerprint density at radius 1 is 1.26 bits per heavy atom. The zero-order valence-corrected chi connectivity index (χ0v) is 13.3. The second-order valence-corrected chi connectivity index (χ2v) is 5.66. The molecule has 4 nitrogen and oxygen atoms in total. The molecule has 0 spiro atoms. The summed E-state index contributed by atoms with van der Waals surface area (Å²) in [6.45, 7) is 6.01. The van der Waals surface area contributed by atoms with E-state index in [0.29, 0.717) is 4.99 Å². The highest BCUT2D eigenvalue weighted by molar-refractivity contribution is 7.80. The van der Waals surface area contributed by atoms with Gasteiger partial charge in [0, 0.05) is 19.3 Å². The fourth-order valence-corrected chi connectivity index (χ4v) is 2.38. The molecule has 1 aromatic heterocycles. The van der Waals surface area contributed by atoms with Crippen LogP contribution in [0.15, 0.2) is 6.07 Å². The van der Waals surface area contributed by atoms with E-state index in [0.717, 1.165) is 42.1 Å². The molecule has 0 aromatic carbocycles. The van der Waals surface area contributed by atoms with Crippen molar-refractivity contribution in [3.05, 3.63) is 22.9 Å². The minimum absolute atomic E-state index is 0.416. The third-order valence-electron chi connectivity index (χ3n) is 3.03. The zero-order valence-electron chi connectivity index (χ0n) is 12.5. The van der Waals surface area contributed by atoms with Crippen LogP contribution in [-0.4, -0.2) is 49.1 Å². The average molecular weight is 280 g/mol. The van der Waals surface area contributed by atoms with Gasteiger partial charge < -0.3 is 15.5 Å². The van der Waals surface area contributed by atoms with Gasteiger partial charge in [-0.05, 0) is 52.5 Å². The van der Waals surface area contributed by atoms with Gasteiger partial charge in [-0.25, -0.2) is 4.98 Å². The van der Waals surface area contributed by atoms with Crippen molar-refractivity contribution < 1.29 is 0 Å². The Morgan fingerprint density at radius 3 is 2.42 bits per heavy atom. The third kappa shape index (κ3) is 4.44. The van der Waals surface area contributed by atoms with E-state index in [1.807, 2.05) is 27.0 Å². The largest absolute Gasteiger partial charge is 0.389 e. The molecule has 0 bridgehead atoms. The molecule has 0 fully saturated rings. The van der Waals surface area contributed by atoms with Gasteiger partial charge in [0.25, 0.3) is 0 Å². The molecule has 0 saturated heterocycles. The Balaban J connectivity index is 2.94. The van der Waals surface area contributed by atoms with Crippen LogP contribution in [0.2, 0.25) is 0 Å². The minimum atomic E-state index is 0.416. The number of anilines is 1. The van der Waals surface area contributed by atoms with Crippen molar-refractivity contribution in [1.29, 1.82) is 0 Å². The molecule has 0 unspecified atom stereocenters. The molecule has 2 N–H and O–H groups in total. The van der Waals surface area contributed by atoms with Crippen LogP contribution in [0.5, 0.6) is 0 Å². The predicted octanol–water partition coefficient (Wildman–Crippen LogP) is 1.72. The van der Waals surface area contributed by atoms with E-state index < -0.39 is 0 Å². The Hall–Kier alpha value is -1.20. The Bertz CT molecular complexity index is 457. The van der Waals surface area contributed by atoms with Crippen molar-refractivity contribution >= 4 is 23.0 Å². The molecule has 0 amide bonds. The highest BCUT2D eigenvalue weighted by atomic mass is 32.1. The Kier molecular flexibility index (Phi) is 5.69. The topological polar surface area (TPSA) is 45.4 Å². The van der Waals surface area contributed by atoms with Gasteiger partial charge in [0.05, 0.1) is 5.56 Å². The number of hydrogen-bond donors (Lipinski definition) is 1. The molecule has 0 atom stereocenters. The van der Waals surface area contributed by atoms with Gasteiger partial charge >= 0.3 is 0 Å². The number of aryl methyl sites for hydroxylation is 2. The fourth-order valence-electron chi connectivity index (χ4n) is 2.13. The molecular weight excluding hydrogens is 256 g/mol. The number of nitrogens with two attached hydrogens (primary N) is 1. The lowest BCUT2D eigenvalue weighted by Crippen LogP contribution is -2.27. The second-order valence-electron chi connectivity index (χ2n) is 5.22. The molecule has 0 aliphatic carbocycles. The average Bonchev–Trinajstić information content (AvgIpc) is 2.26. The van der Waals surface area contributed by atoms with Crippen molar-refractivity contribution in [2.45, 2.75) is 20.3 Å². The van der Waals surface area contributed by atoms with E-state index >= 15 is 0 Å². The standard InChI is InChI=1S/C14H24N4S/c1-10-9-11(2)16-14(12(10)13(15)19)18(5)8-6-7-17(3)4/h9H,6-8H2,1-5H3,(H2,15,19). The maximum atomic E-state index is 5.84. The summed E-state index contributed by atoms with van der Waals surface area (Å²) >= 11 is 5.16. The van der Waals surface area contributed by atoms with Crippen LogP contribution in [0.3, 0.4) is 0 Å². The van der Waals surface area contributed by atoms with E-state index in [2.05, 4.69) is 28.9 Å². The van der Waals surface area contributed by atoms with Crippen molar-refractivity contribution in [2.75, 3.05) is 39.1 Å². The smallest absolute Gasteiger partial charge is 0.139 e. The molecule has 1 rings (SSSR count). The molecule has 1 heterocycles. The van der Waals surface area contributed by atoms with Gasteiger partial charge in [-0.15, -0.1) is 0 Å². The zero-order chi connectivity index (χ0) is 14.6. The molecule has 0 aliphatic heterocycles. The van der Waals surface area contributed by atoms with Crippen LogP contribution in [0.25, 0.3) is 0 Å². The van der Waals surface area contributed by atoms with Crippen molar-refractivity contribution in [3.63, 3.8) is 0 Å². The second kappa shape index (κ2) is 6.82. The summed E-state index contributed by atoms with van der Waals surface area (Å²) in [6.07, 6.45) is 1.08. The highest BCUT2D eigenvalue weighted by Gasteiger charge is 2.14. The van der Waals surface area contributed by atoms with Crippen LogP contribution in [-0.2, 0) is 0 Å². The van der Waals surface area contributed by atoms with E-state index in [1.165, 1.54) is 0 Å². The van der Waals surface area contributed by atoms with Crippen molar-refractivity contribution in [2.24, 2.45) is 5.73 Å². The summed E-state index contributed by atoms with van der Waals surface area (Å²) in [4.78, 5) is 9.33. The van der Waals surface area contributed by atoms with E-state index in [1.54, 1.807) is 0 Å². The molecule has 5 heteroatoms. The summed E-state index contributed by atoms with van der Waals surface area (Å²) in [5, 5.41) is 0. The van der Waals surface area contributed by atoms with Gasteiger partial charge in [-0.1, -0.05) is 12.2 Å². The van der Waals surface area contributed by atoms with E-state index in [9.17, 15) is 0 Å². The summed E-state index contributed by atoms with van der Waals surface area (Å²) in [5.74, 6) is 0.892. The number of thiocarbonyl (C=S) groups is 1. The molecule has 0 radical (unpaired) electrons. The minimum Gasteiger partial charge on any atom is -0.389 e. The van der Waals surface area contributed by atoms with Crippen molar-refractivity contribution in [3.8, 4) is 0 Å². The summed E-state index contributed by atoms with van der Waals surface area (Å²) < 4.78 is 0. The van der Waals surface area contributed by atoms with Gasteiger partial charge in [0.2, 0.25) is 0 Å². The van der Waals surface area contributed by atoms with Crippen LogP contribution in [0.1, 0.15) is 23.2 Å². The van der Waals surface area contributed by atoms with Crippen LogP contribution in [0, 0.1) is 13.8 Å². The number of nitrogens with zero attached hydrogens (tertiary/aromatic N) is 3.